The van der Waals surface area contributed by atoms with Crippen LogP contribution in [0.2, 0.25) is 0 Å². The molecule has 0 N–H and O–H groups in total. The average molecular weight is 393 g/mol. The van der Waals surface area contributed by atoms with E-state index in [9.17, 15) is 18.3 Å². The molecular weight excluding hydrogens is 377 g/mol. The summed E-state index contributed by atoms with van der Waals surface area (Å²) in [5.74, 6) is 0.368. The van der Waals surface area contributed by atoms with Gasteiger partial charge in [-0.2, -0.15) is 13.2 Å². The Balaban J connectivity index is 1.38. The summed E-state index contributed by atoms with van der Waals surface area (Å²) in [5, 5.41) is 12.7. The van der Waals surface area contributed by atoms with Gasteiger partial charge in [0.15, 0.2) is 5.13 Å². The van der Waals surface area contributed by atoms with E-state index < -0.39 is 11.7 Å². The van der Waals surface area contributed by atoms with E-state index in [0.29, 0.717) is 11.3 Å². The summed E-state index contributed by atoms with van der Waals surface area (Å²) >= 11 is 1.49. The first-order valence-corrected chi connectivity index (χ1v) is 9.37. The predicted octanol–water partition coefficient (Wildman–Crippen LogP) is 5.51. The number of benzene rings is 2. The van der Waals surface area contributed by atoms with Gasteiger partial charge in [-0.1, -0.05) is 17.4 Å². The number of thiazole rings is 1. The van der Waals surface area contributed by atoms with Crippen LogP contribution in [0.15, 0.2) is 42.5 Å². The number of ether oxygens (including phenoxy) is 1. The quantitative estimate of drug-likeness (QED) is 0.590. The maximum atomic E-state index is 12.6. The fourth-order valence-corrected chi connectivity index (χ4v) is 4.16. The van der Waals surface area contributed by atoms with Crippen molar-refractivity contribution < 1.29 is 23.0 Å². The lowest BCUT2D eigenvalue weighted by molar-refractivity contribution is -0.137. The number of piperidine rings is 1. The van der Waals surface area contributed by atoms with Crippen LogP contribution in [0, 0.1) is 0 Å². The Morgan fingerprint density at radius 2 is 1.78 bits per heavy atom. The van der Waals surface area contributed by atoms with Crippen molar-refractivity contribution in [2.75, 3.05) is 18.0 Å². The lowest BCUT2D eigenvalue weighted by Gasteiger charge is -2.32. The topological polar surface area (TPSA) is 45.3 Å². The highest BCUT2D eigenvalue weighted by atomic mass is 32.1. The van der Waals surface area contributed by atoms with Gasteiger partial charge in [-0.3, -0.25) is 5.11 Å². The summed E-state index contributed by atoms with van der Waals surface area (Å²) in [7, 11) is 0. The number of nitrogens with zero attached hydrogens (tertiary/aromatic N) is 2. The molecular formula is C19H16F3N2O2S. The normalized spacial score (nSPS) is 16.0. The van der Waals surface area contributed by atoms with Crippen molar-refractivity contribution >= 4 is 26.7 Å². The molecule has 3 aromatic rings. The predicted molar refractivity (Wildman–Crippen MR) is 97.1 cm³/mol. The molecule has 0 atom stereocenters. The number of hydrogen-bond donors (Lipinski definition) is 0. The molecule has 1 aliphatic heterocycles. The van der Waals surface area contributed by atoms with Crippen molar-refractivity contribution in [1.29, 1.82) is 0 Å². The van der Waals surface area contributed by atoms with Crippen LogP contribution in [0.1, 0.15) is 18.4 Å². The molecule has 1 saturated heterocycles. The number of anilines is 1. The van der Waals surface area contributed by atoms with Gasteiger partial charge < -0.3 is 9.64 Å². The molecule has 0 bridgehead atoms. The van der Waals surface area contributed by atoms with Crippen LogP contribution in [0.25, 0.3) is 10.2 Å². The third-order valence-electron chi connectivity index (χ3n) is 4.57. The molecule has 2 heterocycles. The molecule has 8 heteroatoms. The lowest BCUT2D eigenvalue weighted by atomic mass is 10.1. The molecule has 1 radical (unpaired) electrons. The summed E-state index contributed by atoms with van der Waals surface area (Å²) in [6.45, 7) is 1.44. The average Bonchev–Trinajstić information content (AvgIpc) is 3.08. The third-order valence-corrected chi connectivity index (χ3v) is 5.65. The van der Waals surface area contributed by atoms with Gasteiger partial charge in [-0.15, -0.1) is 0 Å². The molecule has 141 valence electrons. The summed E-state index contributed by atoms with van der Waals surface area (Å²) in [5.41, 5.74) is -0.182. The first-order valence-electron chi connectivity index (χ1n) is 8.55. The molecule has 0 spiro atoms. The van der Waals surface area contributed by atoms with E-state index in [-0.39, 0.29) is 11.9 Å². The Bertz CT molecular complexity index is 932. The summed E-state index contributed by atoms with van der Waals surface area (Å²) in [6, 6.07) is 9.92. The van der Waals surface area contributed by atoms with E-state index in [2.05, 4.69) is 9.88 Å². The minimum Gasteiger partial charge on any atom is -0.490 e. The molecule has 1 fully saturated rings. The van der Waals surface area contributed by atoms with Crippen molar-refractivity contribution in [2.45, 2.75) is 25.1 Å². The number of fused-ring (bicyclic) bond motifs is 1. The van der Waals surface area contributed by atoms with Crippen molar-refractivity contribution in [3.63, 3.8) is 0 Å². The second kappa shape index (κ2) is 6.92. The zero-order valence-electron chi connectivity index (χ0n) is 14.2. The standard InChI is InChI=1S/C19H16F3N2O2S/c20-19(21,22)12-4-6-13(7-5-12)26-14-8-10-24(11-9-14)18-23-17-15(25)2-1-3-16(17)27-18/h1-7,14H,8-11H2. The number of hydrogen-bond acceptors (Lipinski definition) is 4. The first kappa shape index (κ1) is 17.9. The highest BCUT2D eigenvalue weighted by Crippen LogP contribution is 2.35. The van der Waals surface area contributed by atoms with Gasteiger partial charge in [0.2, 0.25) is 5.75 Å². The van der Waals surface area contributed by atoms with E-state index in [4.69, 9.17) is 4.74 Å². The van der Waals surface area contributed by atoms with E-state index in [1.165, 1.54) is 29.5 Å². The fraction of sp³-hybridized carbons (Fsp3) is 0.316. The number of para-hydroxylation sites is 1. The number of halogens is 3. The summed E-state index contributed by atoms with van der Waals surface area (Å²) in [6.07, 6.45) is -2.92. The minimum absolute atomic E-state index is 0.0533. The third kappa shape index (κ3) is 3.80. The summed E-state index contributed by atoms with van der Waals surface area (Å²) < 4.78 is 44.5. The van der Waals surface area contributed by atoms with Crippen LogP contribution < -0.4 is 9.64 Å². The second-order valence-electron chi connectivity index (χ2n) is 6.43. The Kier molecular flexibility index (Phi) is 4.59. The molecule has 27 heavy (non-hydrogen) atoms. The van der Waals surface area contributed by atoms with Gasteiger partial charge in [0, 0.05) is 25.9 Å². The second-order valence-corrected chi connectivity index (χ2v) is 7.43. The molecule has 4 rings (SSSR count). The van der Waals surface area contributed by atoms with Crippen molar-refractivity contribution in [2.24, 2.45) is 0 Å². The number of aromatic nitrogens is 1. The van der Waals surface area contributed by atoms with E-state index in [0.717, 1.165) is 47.9 Å². The Morgan fingerprint density at radius 1 is 1.07 bits per heavy atom. The zero-order chi connectivity index (χ0) is 19.0. The highest BCUT2D eigenvalue weighted by molar-refractivity contribution is 7.22. The lowest BCUT2D eigenvalue weighted by Crippen LogP contribution is -2.38. The Labute approximate surface area is 157 Å². The monoisotopic (exact) mass is 393 g/mol. The largest absolute Gasteiger partial charge is 0.490 e. The van der Waals surface area contributed by atoms with Crippen LogP contribution in [-0.4, -0.2) is 24.2 Å². The van der Waals surface area contributed by atoms with E-state index >= 15 is 0 Å². The van der Waals surface area contributed by atoms with Gasteiger partial charge >= 0.3 is 6.18 Å². The highest BCUT2D eigenvalue weighted by Gasteiger charge is 2.30. The fourth-order valence-electron chi connectivity index (χ4n) is 3.13. The van der Waals surface area contributed by atoms with Gasteiger partial charge in [0.05, 0.1) is 10.3 Å². The molecule has 2 aromatic carbocycles. The van der Waals surface area contributed by atoms with Crippen LogP contribution in [0.4, 0.5) is 18.3 Å². The molecule has 1 aromatic heterocycles. The van der Waals surface area contributed by atoms with Crippen LogP contribution in [-0.2, 0) is 11.3 Å². The molecule has 0 unspecified atom stereocenters. The Hall–Kier alpha value is -2.48. The van der Waals surface area contributed by atoms with Gasteiger partial charge in [0.25, 0.3) is 0 Å². The van der Waals surface area contributed by atoms with Gasteiger partial charge in [0.1, 0.15) is 17.4 Å². The first-order chi connectivity index (χ1) is 12.9. The smallest absolute Gasteiger partial charge is 0.416 e. The number of alkyl halides is 3. The minimum atomic E-state index is -4.34. The SMILES string of the molecule is [O]c1cccc2sc(N3CCC(Oc4ccc(C(F)(F)F)cc4)CC3)nc12. The van der Waals surface area contributed by atoms with Crippen molar-refractivity contribution in [3.8, 4) is 11.5 Å². The van der Waals surface area contributed by atoms with Gasteiger partial charge in [-0.05, 0) is 36.4 Å². The molecule has 0 saturated carbocycles. The van der Waals surface area contributed by atoms with E-state index in [1.807, 2.05) is 6.07 Å². The zero-order valence-corrected chi connectivity index (χ0v) is 15.0. The van der Waals surface area contributed by atoms with Crippen LogP contribution in [0.5, 0.6) is 11.5 Å². The van der Waals surface area contributed by atoms with Crippen molar-refractivity contribution in [3.05, 3.63) is 48.0 Å². The van der Waals surface area contributed by atoms with Crippen LogP contribution in [0.3, 0.4) is 0 Å². The maximum Gasteiger partial charge on any atom is 0.416 e. The number of rotatable bonds is 3. The molecule has 0 amide bonds. The molecule has 0 aliphatic carbocycles. The molecule has 1 aliphatic rings. The Morgan fingerprint density at radius 3 is 2.41 bits per heavy atom. The summed E-state index contributed by atoms with van der Waals surface area (Å²) in [4.78, 5) is 6.58. The van der Waals surface area contributed by atoms with Crippen LogP contribution >= 0.6 is 11.3 Å². The van der Waals surface area contributed by atoms with E-state index in [1.54, 1.807) is 6.07 Å². The molecule has 4 nitrogen and oxygen atoms in total. The van der Waals surface area contributed by atoms with Crippen molar-refractivity contribution in [1.82, 2.24) is 4.98 Å². The van der Waals surface area contributed by atoms with Gasteiger partial charge in [-0.25, -0.2) is 4.98 Å². The maximum absolute atomic E-state index is 12.6.